The van der Waals surface area contributed by atoms with Gasteiger partial charge in [0.25, 0.3) is 10.0 Å². The molecule has 1 aromatic heterocycles. The Kier molecular flexibility index (Phi) is 3.61. The normalized spacial score (nSPS) is 13.7. The fourth-order valence-corrected chi connectivity index (χ4v) is 4.09. The van der Waals surface area contributed by atoms with E-state index in [4.69, 9.17) is 0 Å². The molecule has 0 aliphatic carbocycles. The van der Waals surface area contributed by atoms with Crippen LogP contribution in [0.25, 0.3) is 11.3 Å². The Bertz CT molecular complexity index is 961. The van der Waals surface area contributed by atoms with E-state index in [1.807, 2.05) is 18.3 Å². The average molecular weight is 339 g/mol. The number of benzene rings is 2. The first-order valence-electron chi connectivity index (χ1n) is 7.86. The number of nitrogens with zero attached hydrogens (tertiary/aromatic N) is 2. The summed E-state index contributed by atoms with van der Waals surface area (Å²) in [7, 11) is -3.56. The van der Waals surface area contributed by atoms with Gasteiger partial charge in [-0.2, -0.15) is 0 Å². The van der Waals surface area contributed by atoms with Crippen LogP contribution < -0.4 is 4.72 Å². The third kappa shape index (κ3) is 2.69. The van der Waals surface area contributed by atoms with Gasteiger partial charge in [0.15, 0.2) is 0 Å². The number of fused-ring (bicyclic) bond motifs is 1. The van der Waals surface area contributed by atoms with Crippen molar-refractivity contribution in [3.05, 3.63) is 66.6 Å². The largest absolute Gasteiger partial charge is 0.328 e. The topological polar surface area (TPSA) is 64.0 Å². The molecule has 0 radical (unpaired) electrons. The van der Waals surface area contributed by atoms with Gasteiger partial charge in [-0.1, -0.05) is 30.3 Å². The van der Waals surface area contributed by atoms with Gasteiger partial charge in [0.2, 0.25) is 0 Å². The van der Waals surface area contributed by atoms with E-state index in [0.29, 0.717) is 5.69 Å². The summed E-state index contributed by atoms with van der Waals surface area (Å²) in [6.45, 7) is 0.993. The van der Waals surface area contributed by atoms with Gasteiger partial charge in [-0.15, -0.1) is 0 Å². The lowest BCUT2D eigenvalue weighted by Crippen LogP contribution is -2.12. The summed E-state index contributed by atoms with van der Waals surface area (Å²) >= 11 is 0. The minimum absolute atomic E-state index is 0.252. The fourth-order valence-electron chi connectivity index (χ4n) is 3.01. The third-order valence-corrected chi connectivity index (χ3v) is 5.60. The van der Waals surface area contributed by atoms with Crippen molar-refractivity contribution < 1.29 is 8.42 Å². The summed E-state index contributed by atoms with van der Waals surface area (Å²) in [4.78, 5) is 4.70. The molecule has 0 amide bonds. The zero-order valence-corrected chi connectivity index (χ0v) is 13.8. The van der Waals surface area contributed by atoms with E-state index in [0.717, 1.165) is 36.5 Å². The summed E-state index contributed by atoms with van der Waals surface area (Å²) in [5, 5.41) is 0. The third-order valence-electron chi connectivity index (χ3n) is 4.21. The minimum Gasteiger partial charge on any atom is -0.328 e. The zero-order chi connectivity index (χ0) is 16.6. The Hall–Kier alpha value is -2.60. The van der Waals surface area contributed by atoms with Gasteiger partial charge in [-0.25, -0.2) is 13.4 Å². The van der Waals surface area contributed by atoms with E-state index in [1.54, 1.807) is 42.5 Å². The number of aromatic nitrogens is 2. The molecule has 0 fully saturated rings. The van der Waals surface area contributed by atoms with Crippen LogP contribution in [0.3, 0.4) is 0 Å². The molecule has 2 heterocycles. The molecule has 1 N–H and O–H groups in total. The van der Waals surface area contributed by atoms with E-state index >= 15 is 0 Å². The van der Waals surface area contributed by atoms with Crippen LogP contribution in [0.5, 0.6) is 0 Å². The predicted octanol–water partition coefficient (Wildman–Crippen LogP) is 3.30. The molecule has 24 heavy (non-hydrogen) atoms. The Balaban J connectivity index is 1.58. The first-order chi connectivity index (χ1) is 11.6. The molecular weight excluding hydrogens is 322 g/mol. The van der Waals surface area contributed by atoms with Gasteiger partial charge < -0.3 is 4.57 Å². The second-order valence-electron chi connectivity index (χ2n) is 5.81. The van der Waals surface area contributed by atoms with E-state index in [-0.39, 0.29) is 4.90 Å². The molecule has 0 atom stereocenters. The van der Waals surface area contributed by atoms with Crippen molar-refractivity contribution >= 4 is 15.7 Å². The van der Waals surface area contributed by atoms with Gasteiger partial charge in [0, 0.05) is 18.7 Å². The van der Waals surface area contributed by atoms with Crippen molar-refractivity contribution in [2.75, 3.05) is 4.72 Å². The first kappa shape index (κ1) is 15.0. The Morgan fingerprint density at radius 2 is 1.75 bits per heavy atom. The molecule has 0 spiro atoms. The van der Waals surface area contributed by atoms with Crippen molar-refractivity contribution in [2.45, 2.75) is 24.3 Å². The van der Waals surface area contributed by atoms with E-state index in [9.17, 15) is 8.42 Å². The highest BCUT2D eigenvalue weighted by molar-refractivity contribution is 7.92. The van der Waals surface area contributed by atoms with Gasteiger partial charge >= 0.3 is 0 Å². The summed E-state index contributed by atoms with van der Waals surface area (Å²) in [5.74, 6) is 1.12. The molecule has 0 unspecified atom stereocenters. The quantitative estimate of drug-likeness (QED) is 0.793. The standard InChI is InChI=1S/C18H17N3O2S/c22-24(23,16-5-2-1-3-6-16)20-15-10-8-14(9-11-15)17-13-19-18-7-4-12-21(17)18/h1-3,5-6,8-11,13,20H,4,7,12H2. The highest BCUT2D eigenvalue weighted by Gasteiger charge is 2.17. The van der Waals surface area contributed by atoms with Crippen LogP contribution in [0.4, 0.5) is 5.69 Å². The Labute approximate surface area is 141 Å². The average Bonchev–Trinajstić information content (AvgIpc) is 3.20. The molecule has 3 aromatic rings. The van der Waals surface area contributed by atoms with Crippen molar-refractivity contribution in [2.24, 2.45) is 0 Å². The maximum Gasteiger partial charge on any atom is 0.261 e. The summed E-state index contributed by atoms with van der Waals surface area (Å²) in [5.41, 5.74) is 2.67. The van der Waals surface area contributed by atoms with E-state index in [1.165, 1.54) is 0 Å². The molecule has 0 bridgehead atoms. The molecule has 2 aromatic carbocycles. The van der Waals surface area contributed by atoms with Crippen molar-refractivity contribution in [3.8, 4) is 11.3 Å². The van der Waals surface area contributed by atoms with E-state index < -0.39 is 10.0 Å². The summed E-state index contributed by atoms with van der Waals surface area (Å²) in [6, 6.07) is 15.8. The fraction of sp³-hybridized carbons (Fsp3) is 0.167. The molecule has 1 aliphatic heterocycles. The lowest BCUT2D eigenvalue weighted by Gasteiger charge is -2.09. The van der Waals surface area contributed by atoms with Crippen LogP contribution in [-0.4, -0.2) is 18.0 Å². The molecule has 122 valence electrons. The van der Waals surface area contributed by atoms with Gasteiger partial charge in [-0.3, -0.25) is 4.72 Å². The van der Waals surface area contributed by atoms with Gasteiger partial charge in [0.1, 0.15) is 5.82 Å². The van der Waals surface area contributed by atoms with Crippen LogP contribution in [0.2, 0.25) is 0 Å². The first-order valence-corrected chi connectivity index (χ1v) is 9.34. The lowest BCUT2D eigenvalue weighted by molar-refractivity contribution is 0.601. The molecule has 0 saturated heterocycles. The summed E-state index contributed by atoms with van der Waals surface area (Å²) < 4.78 is 29.5. The zero-order valence-electron chi connectivity index (χ0n) is 13.0. The summed E-state index contributed by atoms with van der Waals surface area (Å²) in [6.07, 6.45) is 4.04. The molecule has 4 rings (SSSR count). The number of hydrogen-bond acceptors (Lipinski definition) is 3. The van der Waals surface area contributed by atoms with Gasteiger partial charge in [-0.05, 0) is 36.2 Å². The van der Waals surface area contributed by atoms with Crippen molar-refractivity contribution in [1.82, 2.24) is 9.55 Å². The van der Waals surface area contributed by atoms with Crippen molar-refractivity contribution in [3.63, 3.8) is 0 Å². The molecule has 1 aliphatic rings. The van der Waals surface area contributed by atoms with Crippen molar-refractivity contribution in [1.29, 1.82) is 0 Å². The maximum atomic E-state index is 12.3. The van der Waals surface area contributed by atoms with E-state index in [2.05, 4.69) is 14.3 Å². The number of rotatable bonds is 4. The molecule has 5 nitrogen and oxygen atoms in total. The van der Waals surface area contributed by atoms with Crippen LogP contribution in [0, 0.1) is 0 Å². The number of hydrogen-bond donors (Lipinski definition) is 1. The number of aryl methyl sites for hydroxylation is 1. The Morgan fingerprint density at radius 1 is 1.00 bits per heavy atom. The van der Waals surface area contributed by atoms with Crippen LogP contribution in [-0.2, 0) is 23.0 Å². The SMILES string of the molecule is O=S(=O)(Nc1ccc(-c2cnc3n2CCC3)cc1)c1ccccc1. The highest BCUT2D eigenvalue weighted by Crippen LogP contribution is 2.27. The number of imidazole rings is 1. The molecule has 6 heteroatoms. The lowest BCUT2D eigenvalue weighted by atomic mass is 10.1. The number of anilines is 1. The smallest absolute Gasteiger partial charge is 0.261 e. The highest BCUT2D eigenvalue weighted by atomic mass is 32.2. The molecule has 0 saturated carbocycles. The number of nitrogens with one attached hydrogen (secondary N) is 1. The number of sulfonamides is 1. The second kappa shape index (κ2) is 5.79. The van der Waals surface area contributed by atoms with Crippen LogP contribution in [0.15, 0.2) is 65.7 Å². The minimum atomic E-state index is -3.56. The second-order valence-corrected chi connectivity index (χ2v) is 7.49. The van der Waals surface area contributed by atoms with Crippen LogP contribution >= 0.6 is 0 Å². The van der Waals surface area contributed by atoms with Crippen LogP contribution in [0.1, 0.15) is 12.2 Å². The maximum absolute atomic E-state index is 12.3. The predicted molar refractivity (Wildman–Crippen MR) is 93.2 cm³/mol. The van der Waals surface area contributed by atoms with Gasteiger partial charge in [0.05, 0.1) is 16.8 Å². The monoisotopic (exact) mass is 339 g/mol. The Morgan fingerprint density at radius 3 is 2.50 bits per heavy atom. The molecular formula is C18H17N3O2S.